The molecule has 0 amide bonds. The molecule has 33 heavy (non-hydrogen) atoms. The highest BCUT2D eigenvalue weighted by Gasteiger charge is 2.11. The number of nitrogens with zero attached hydrogens (tertiary/aromatic N) is 6. The third-order valence-corrected chi connectivity index (χ3v) is 5.86. The minimum absolute atomic E-state index is 0.186. The van der Waals surface area contributed by atoms with E-state index in [-0.39, 0.29) is 5.69 Å². The lowest BCUT2D eigenvalue weighted by molar-refractivity contribution is 0.520. The van der Waals surface area contributed by atoms with Crippen LogP contribution in [0.5, 0.6) is 0 Å². The van der Waals surface area contributed by atoms with Crippen molar-refractivity contribution in [2.75, 3.05) is 13.1 Å². The molecule has 2 N–H and O–H groups in total. The van der Waals surface area contributed by atoms with E-state index in [1.54, 1.807) is 30.3 Å². The summed E-state index contributed by atoms with van der Waals surface area (Å²) >= 11 is 0. The first-order valence-corrected chi connectivity index (χ1v) is 11.1. The first-order chi connectivity index (χ1) is 16.1. The lowest BCUT2D eigenvalue weighted by atomic mass is 10.1. The predicted octanol–water partition coefficient (Wildman–Crippen LogP) is 3.03. The van der Waals surface area contributed by atoms with Crippen LogP contribution in [0, 0.1) is 0 Å². The summed E-state index contributed by atoms with van der Waals surface area (Å²) in [6.45, 7) is 2.50. The summed E-state index contributed by atoms with van der Waals surface area (Å²) in [4.78, 5) is 28.5. The molecule has 9 nitrogen and oxygen atoms in total. The van der Waals surface area contributed by atoms with Crippen LogP contribution in [0.3, 0.4) is 0 Å². The molecule has 0 atom stereocenters. The summed E-state index contributed by atoms with van der Waals surface area (Å²) < 4.78 is 3.27. The van der Waals surface area contributed by atoms with E-state index in [0.29, 0.717) is 11.0 Å². The summed E-state index contributed by atoms with van der Waals surface area (Å²) in [5.41, 5.74) is 6.09. The number of rotatable bonds is 2. The largest absolute Gasteiger partial charge is 0.326 e. The molecule has 0 bridgehead atoms. The lowest BCUT2D eigenvalue weighted by Gasteiger charge is -2.08. The van der Waals surface area contributed by atoms with E-state index in [9.17, 15) is 4.79 Å². The number of fused-ring (bicyclic) bond motifs is 3. The number of H-pyrrole nitrogens is 1. The minimum Gasteiger partial charge on any atom is -0.317 e. The maximum atomic E-state index is 11.9. The molecular weight excluding hydrogens is 416 g/mol. The van der Waals surface area contributed by atoms with Crippen LogP contribution in [-0.2, 0) is 14.1 Å². The smallest absolute Gasteiger partial charge is 0.317 e. The number of imidazole rings is 1. The van der Waals surface area contributed by atoms with Crippen molar-refractivity contribution >= 4 is 22.1 Å². The first kappa shape index (κ1) is 21.0. The van der Waals surface area contributed by atoms with Gasteiger partial charge in [-0.3, -0.25) is 19.2 Å². The van der Waals surface area contributed by atoms with Gasteiger partial charge in [0.1, 0.15) is 5.52 Å². The van der Waals surface area contributed by atoms with Gasteiger partial charge in [-0.1, -0.05) is 6.42 Å². The Morgan fingerprint density at radius 3 is 2.33 bits per heavy atom. The van der Waals surface area contributed by atoms with Crippen molar-refractivity contribution in [1.82, 2.24) is 39.6 Å². The van der Waals surface area contributed by atoms with Crippen molar-refractivity contribution in [2.24, 2.45) is 14.1 Å². The molecule has 0 aromatic carbocycles. The standard InChI is InChI=1S/C19H15N7O.C5H11N/c1-25-10-12(8-22-25)13-4-3-11(7-20-13)14-5-6-15-17(23-14)18-16(9-21-15)26(2)19(27)24-18;1-2-4-6-5-3-1/h3-10H,1-2H3,(H,24,27);6H,1-5H2. The number of pyridine rings is 3. The number of aromatic nitrogens is 7. The molecule has 6 rings (SSSR count). The normalized spacial score (nSPS) is 13.8. The van der Waals surface area contributed by atoms with E-state index in [1.807, 2.05) is 37.5 Å². The maximum Gasteiger partial charge on any atom is 0.326 e. The second-order valence-corrected chi connectivity index (χ2v) is 8.22. The molecule has 0 radical (unpaired) electrons. The van der Waals surface area contributed by atoms with E-state index >= 15 is 0 Å². The molecule has 1 saturated heterocycles. The number of aryl methyl sites for hydroxylation is 2. The van der Waals surface area contributed by atoms with Gasteiger partial charge in [-0.2, -0.15) is 5.10 Å². The highest BCUT2D eigenvalue weighted by atomic mass is 16.1. The topological polar surface area (TPSA) is 106 Å². The summed E-state index contributed by atoms with van der Waals surface area (Å²) in [7, 11) is 3.58. The molecule has 5 aromatic heterocycles. The molecule has 1 aliphatic rings. The molecule has 5 aromatic rings. The van der Waals surface area contributed by atoms with Crippen LogP contribution < -0.4 is 11.0 Å². The zero-order valence-electron chi connectivity index (χ0n) is 18.7. The van der Waals surface area contributed by atoms with Crippen molar-refractivity contribution < 1.29 is 0 Å². The van der Waals surface area contributed by atoms with Gasteiger partial charge in [0.25, 0.3) is 0 Å². The van der Waals surface area contributed by atoms with E-state index in [0.717, 1.165) is 33.5 Å². The second-order valence-electron chi connectivity index (χ2n) is 8.22. The second kappa shape index (κ2) is 8.95. The number of hydrogen-bond donors (Lipinski definition) is 2. The summed E-state index contributed by atoms with van der Waals surface area (Å²) in [6, 6.07) is 7.73. The Morgan fingerprint density at radius 1 is 0.879 bits per heavy atom. The molecule has 0 spiro atoms. The monoisotopic (exact) mass is 442 g/mol. The van der Waals surface area contributed by atoms with Gasteiger partial charge in [-0.05, 0) is 50.2 Å². The van der Waals surface area contributed by atoms with Crippen LogP contribution >= 0.6 is 0 Å². The van der Waals surface area contributed by atoms with Gasteiger partial charge in [0.15, 0.2) is 0 Å². The third-order valence-electron chi connectivity index (χ3n) is 5.86. The third kappa shape index (κ3) is 4.27. The molecular formula is C24H26N8O. The Balaban J connectivity index is 0.000000332. The first-order valence-electron chi connectivity index (χ1n) is 11.1. The van der Waals surface area contributed by atoms with Crippen LogP contribution in [-0.4, -0.2) is 47.4 Å². The molecule has 1 fully saturated rings. The van der Waals surface area contributed by atoms with Crippen molar-refractivity contribution in [1.29, 1.82) is 0 Å². The SMILES string of the molecule is C1CCNCC1.Cn1cc(-c2ccc(-c3ccc4ncc5c([nH]c(=O)n5C)c4n3)cn2)cn1. The average Bonchev–Trinajstić information content (AvgIpc) is 3.43. The van der Waals surface area contributed by atoms with Gasteiger partial charge in [0.05, 0.1) is 40.3 Å². The van der Waals surface area contributed by atoms with E-state index in [1.165, 1.54) is 36.9 Å². The number of piperidine rings is 1. The Hall–Kier alpha value is -3.85. The molecule has 1 aliphatic heterocycles. The molecule has 168 valence electrons. The Morgan fingerprint density at radius 2 is 1.70 bits per heavy atom. The fraction of sp³-hybridized carbons (Fsp3) is 0.292. The van der Waals surface area contributed by atoms with Gasteiger partial charge >= 0.3 is 5.69 Å². The zero-order valence-corrected chi connectivity index (χ0v) is 18.7. The minimum atomic E-state index is -0.186. The van der Waals surface area contributed by atoms with Gasteiger partial charge in [-0.25, -0.2) is 9.78 Å². The van der Waals surface area contributed by atoms with Crippen LogP contribution in [0.1, 0.15) is 19.3 Å². The summed E-state index contributed by atoms with van der Waals surface area (Å²) in [5.74, 6) is 0. The van der Waals surface area contributed by atoms with Crippen LogP contribution in [0.25, 0.3) is 44.6 Å². The molecule has 0 unspecified atom stereocenters. The van der Waals surface area contributed by atoms with Crippen LogP contribution in [0.4, 0.5) is 0 Å². The number of hydrogen-bond acceptors (Lipinski definition) is 6. The van der Waals surface area contributed by atoms with Crippen molar-refractivity contribution in [3.05, 3.63) is 59.5 Å². The fourth-order valence-corrected chi connectivity index (χ4v) is 3.97. The molecule has 9 heteroatoms. The summed E-state index contributed by atoms with van der Waals surface area (Å²) in [5, 5.41) is 7.46. The quantitative estimate of drug-likeness (QED) is 0.435. The lowest BCUT2D eigenvalue weighted by Crippen LogP contribution is -2.21. The van der Waals surface area contributed by atoms with E-state index < -0.39 is 0 Å². The maximum absolute atomic E-state index is 11.9. The van der Waals surface area contributed by atoms with Crippen LogP contribution in [0.15, 0.2) is 53.8 Å². The van der Waals surface area contributed by atoms with Crippen molar-refractivity contribution in [3.8, 4) is 22.5 Å². The van der Waals surface area contributed by atoms with Gasteiger partial charge in [0.2, 0.25) is 0 Å². The van der Waals surface area contributed by atoms with Crippen molar-refractivity contribution in [3.63, 3.8) is 0 Å². The molecule has 0 saturated carbocycles. The van der Waals surface area contributed by atoms with E-state index in [2.05, 4.69) is 25.4 Å². The van der Waals surface area contributed by atoms with Gasteiger partial charge in [0, 0.05) is 37.6 Å². The van der Waals surface area contributed by atoms with Crippen LogP contribution in [0.2, 0.25) is 0 Å². The molecule has 0 aliphatic carbocycles. The summed E-state index contributed by atoms with van der Waals surface area (Å²) in [6.07, 6.45) is 11.4. The highest BCUT2D eigenvalue weighted by Crippen LogP contribution is 2.25. The Bertz CT molecular complexity index is 1450. The zero-order chi connectivity index (χ0) is 22.8. The van der Waals surface area contributed by atoms with E-state index in [4.69, 9.17) is 4.98 Å². The number of aromatic amines is 1. The van der Waals surface area contributed by atoms with Gasteiger partial charge < -0.3 is 10.3 Å². The average molecular weight is 443 g/mol. The highest BCUT2D eigenvalue weighted by molar-refractivity contribution is 5.99. The fourth-order valence-electron chi connectivity index (χ4n) is 3.97. The Kier molecular flexibility index (Phi) is 5.70. The van der Waals surface area contributed by atoms with Crippen molar-refractivity contribution in [2.45, 2.75) is 19.3 Å². The Labute approximate surface area is 190 Å². The van der Waals surface area contributed by atoms with Gasteiger partial charge in [-0.15, -0.1) is 0 Å². The number of nitrogens with one attached hydrogen (secondary N) is 2. The molecule has 6 heterocycles. The predicted molar refractivity (Wildman–Crippen MR) is 129 cm³/mol.